The molecule has 2 atom stereocenters. The van der Waals surface area contributed by atoms with Gasteiger partial charge in [-0.25, -0.2) is 9.78 Å². The normalized spacial score (nSPS) is 25.1. The molecule has 2 rings (SSSR count). The van der Waals surface area contributed by atoms with Gasteiger partial charge in [0.2, 0.25) is 0 Å². The highest BCUT2D eigenvalue weighted by molar-refractivity contribution is 9.11. The molecule has 1 aliphatic heterocycles. The molecule has 1 aromatic heterocycles. The molecule has 0 spiro atoms. The molecular weight excluding hydrogens is 404 g/mol. The van der Waals surface area contributed by atoms with Gasteiger partial charge in [0.1, 0.15) is 0 Å². The first-order valence-corrected chi connectivity index (χ1v) is 10.4. The van der Waals surface area contributed by atoms with Crippen molar-refractivity contribution in [3.8, 4) is 0 Å². The van der Waals surface area contributed by atoms with Gasteiger partial charge in [0.25, 0.3) is 0 Å². The van der Waals surface area contributed by atoms with Gasteiger partial charge in [-0.3, -0.25) is 4.90 Å². The van der Waals surface area contributed by atoms with E-state index in [4.69, 9.17) is 9.47 Å². The number of rotatable bonds is 6. The van der Waals surface area contributed by atoms with Crippen LogP contribution in [0, 0.1) is 11.3 Å². The van der Waals surface area contributed by atoms with Crippen molar-refractivity contribution >= 4 is 33.2 Å². The fraction of sp³-hybridized carbons (Fsp3) is 0.778. The summed E-state index contributed by atoms with van der Waals surface area (Å²) in [7, 11) is 1.45. The maximum atomic E-state index is 12.7. The summed E-state index contributed by atoms with van der Waals surface area (Å²) in [5.74, 6) is 0.0824. The molecule has 1 aromatic rings. The highest BCUT2D eigenvalue weighted by Crippen LogP contribution is 2.40. The molecule has 7 heteroatoms. The highest BCUT2D eigenvalue weighted by atomic mass is 79.9. The SMILES string of the molecule is CCCO[C@@]1(C(=O)OC)C[C@@H](C(C)(C)C)CN(Cc2cnc(Br)s2)C1. The molecule has 1 saturated heterocycles. The number of nitrogens with zero attached hydrogens (tertiary/aromatic N) is 2. The molecule has 25 heavy (non-hydrogen) atoms. The summed E-state index contributed by atoms with van der Waals surface area (Å²) in [5, 5.41) is 0. The quantitative estimate of drug-likeness (QED) is 0.632. The van der Waals surface area contributed by atoms with Gasteiger partial charge >= 0.3 is 5.97 Å². The number of ether oxygens (including phenoxy) is 2. The third-order valence-corrected chi connectivity index (χ3v) is 6.26. The fourth-order valence-electron chi connectivity index (χ4n) is 3.34. The number of halogens is 1. The van der Waals surface area contributed by atoms with Crippen LogP contribution in [0.1, 0.15) is 45.4 Å². The average molecular weight is 433 g/mol. The first kappa shape index (κ1) is 20.8. The smallest absolute Gasteiger partial charge is 0.339 e. The molecule has 0 aromatic carbocycles. The summed E-state index contributed by atoms with van der Waals surface area (Å²) in [6, 6.07) is 0. The Morgan fingerprint density at radius 1 is 1.52 bits per heavy atom. The van der Waals surface area contributed by atoms with Crippen LogP contribution in [0.5, 0.6) is 0 Å². The van der Waals surface area contributed by atoms with Crippen molar-refractivity contribution in [3.63, 3.8) is 0 Å². The first-order valence-electron chi connectivity index (χ1n) is 8.75. The predicted molar refractivity (Wildman–Crippen MR) is 104 cm³/mol. The third kappa shape index (κ3) is 5.25. The molecule has 0 aliphatic carbocycles. The standard InChI is InChI=1S/C18H29BrN2O3S/c1-6-7-24-18(15(22)23-5)8-13(17(2,3)4)10-21(12-18)11-14-9-20-16(19)25-14/h9,13H,6-8,10-12H2,1-5H3/t13-,18+/m1/s1. The topological polar surface area (TPSA) is 51.7 Å². The lowest BCUT2D eigenvalue weighted by molar-refractivity contribution is -0.184. The van der Waals surface area contributed by atoms with E-state index >= 15 is 0 Å². The van der Waals surface area contributed by atoms with Crippen LogP contribution < -0.4 is 0 Å². The van der Waals surface area contributed by atoms with Crippen molar-refractivity contribution in [2.45, 2.75) is 52.7 Å². The lowest BCUT2D eigenvalue weighted by Crippen LogP contribution is -2.59. The van der Waals surface area contributed by atoms with Crippen LogP contribution in [0.25, 0.3) is 0 Å². The van der Waals surface area contributed by atoms with E-state index in [1.54, 1.807) is 11.3 Å². The number of methoxy groups -OCH3 is 1. The Morgan fingerprint density at radius 2 is 2.24 bits per heavy atom. The average Bonchev–Trinajstić information content (AvgIpc) is 2.96. The maximum absolute atomic E-state index is 12.7. The molecule has 0 N–H and O–H groups in total. The van der Waals surface area contributed by atoms with E-state index < -0.39 is 5.60 Å². The molecule has 142 valence electrons. The van der Waals surface area contributed by atoms with E-state index in [0.717, 1.165) is 23.4 Å². The predicted octanol–water partition coefficient (Wildman–Crippen LogP) is 4.11. The van der Waals surface area contributed by atoms with E-state index in [0.29, 0.717) is 25.5 Å². The molecule has 0 saturated carbocycles. The number of likely N-dealkylation sites (tertiary alicyclic amines) is 1. The molecular formula is C18H29BrN2O3S. The molecule has 0 amide bonds. The largest absolute Gasteiger partial charge is 0.467 e. The van der Waals surface area contributed by atoms with Crippen LogP contribution in [-0.4, -0.2) is 48.3 Å². The van der Waals surface area contributed by atoms with Crippen molar-refractivity contribution in [1.82, 2.24) is 9.88 Å². The molecule has 0 bridgehead atoms. The van der Waals surface area contributed by atoms with Crippen LogP contribution in [-0.2, 0) is 20.8 Å². The number of carbonyl (C=O) groups is 1. The Labute approximate surface area is 163 Å². The zero-order chi connectivity index (χ0) is 18.7. The lowest BCUT2D eigenvalue weighted by atomic mass is 9.71. The minimum atomic E-state index is -0.886. The third-order valence-electron chi connectivity index (χ3n) is 4.80. The van der Waals surface area contributed by atoms with Crippen LogP contribution >= 0.6 is 27.3 Å². The van der Waals surface area contributed by atoms with E-state index in [1.165, 1.54) is 12.0 Å². The summed E-state index contributed by atoms with van der Waals surface area (Å²) in [5.41, 5.74) is -0.801. The van der Waals surface area contributed by atoms with Crippen LogP contribution in [0.3, 0.4) is 0 Å². The van der Waals surface area contributed by atoms with Crippen molar-refractivity contribution in [3.05, 3.63) is 15.0 Å². The Bertz CT molecular complexity index is 587. The number of carbonyl (C=O) groups excluding carboxylic acids is 1. The summed E-state index contributed by atoms with van der Waals surface area (Å²) < 4.78 is 12.2. The van der Waals surface area contributed by atoms with Crippen LogP contribution in [0.2, 0.25) is 0 Å². The summed E-state index contributed by atoms with van der Waals surface area (Å²) in [6.45, 7) is 11.6. The molecule has 0 unspecified atom stereocenters. The minimum Gasteiger partial charge on any atom is -0.467 e. The zero-order valence-corrected chi connectivity index (χ0v) is 18.2. The number of hydrogen-bond acceptors (Lipinski definition) is 6. The monoisotopic (exact) mass is 432 g/mol. The Kier molecular flexibility index (Phi) is 7.04. The van der Waals surface area contributed by atoms with Crippen LogP contribution in [0.4, 0.5) is 0 Å². The summed E-state index contributed by atoms with van der Waals surface area (Å²) >= 11 is 5.05. The second-order valence-electron chi connectivity index (χ2n) is 7.85. The van der Waals surface area contributed by atoms with Gasteiger partial charge < -0.3 is 9.47 Å². The van der Waals surface area contributed by atoms with Gasteiger partial charge in [-0.2, -0.15) is 0 Å². The molecule has 1 aliphatic rings. The Hall–Kier alpha value is -0.500. The second kappa shape index (κ2) is 8.46. The number of esters is 1. The Balaban J connectivity index is 2.28. The molecule has 0 radical (unpaired) electrons. The van der Waals surface area contributed by atoms with Gasteiger partial charge in [-0.1, -0.05) is 27.7 Å². The lowest BCUT2D eigenvalue weighted by Gasteiger charge is -2.47. The summed E-state index contributed by atoms with van der Waals surface area (Å²) in [4.78, 5) is 20.4. The van der Waals surface area contributed by atoms with Gasteiger partial charge in [0.05, 0.1) is 7.11 Å². The molecule has 5 nitrogen and oxygen atoms in total. The summed E-state index contributed by atoms with van der Waals surface area (Å²) in [6.07, 6.45) is 3.47. The highest BCUT2D eigenvalue weighted by Gasteiger charge is 2.50. The second-order valence-corrected chi connectivity index (χ2v) is 10.2. The van der Waals surface area contributed by atoms with Gasteiger partial charge in [-0.05, 0) is 40.1 Å². The number of aromatic nitrogens is 1. The number of piperidine rings is 1. The van der Waals surface area contributed by atoms with E-state index in [2.05, 4.69) is 53.5 Å². The maximum Gasteiger partial charge on any atom is 0.339 e. The molecule has 1 fully saturated rings. The zero-order valence-electron chi connectivity index (χ0n) is 15.8. The van der Waals surface area contributed by atoms with E-state index in [1.807, 2.05) is 6.20 Å². The van der Waals surface area contributed by atoms with E-state index in [9.17, 15) is 4.79 Å². The minimum absolute atomic E-state index is 0.0851. The van der Waals surface area contributed by atoms with E-state index in [-0.39, 0.29) is 11.4 Å². The Morgan fingerprint density at radius 3 is 2.76 bits per heavy atom. The number of hydrogen-bond donors (Lipinski definition) is 0. The number of thiazole rings is 1. The van der Waals surface area contributed by atoms with Crippen molar-refractivity contribution < 1.29 is 14.3 Å². The molecule has 2 heterocycles. The fourth-order valence-corrected chi connectivity index (χ4v) is 4.74. The van der Waals surface area contributed by atoms with Crippen molar-refractivity contribution in [2.75, 3.05) is 26.8 Å². The van der Waals surface area contributed by atoms with Gasteiger partial charge in [0.15, 0.2) is 9.52 Å². The van der Waals surface area contributed by atoms with Gasteiger partial charge in [-0.15, -0.1) is 11.3 Å². The van der Waals surface area contributed by atoms with Crippen molar-refractivity contribution in [1.29, 1.82) is 0 Å². The van der Waals surface area contributed by atoms with Crippen LogP contribution in [0.15, 0.2) is 10.1 Å². The van der Waals surface area contributed by atoms with Crippen molar-refractivity contribution in [2.24, 2.45) is 11.3 Å². The first-order chi connectivity index (χ1) is 11.7. The van der Waals surface area contributed by atoms with Gasteiger partial charge in [0, 0.05) is 37.3 Å².